The van der Waals surface area contributed by atoms with Gasteiger partial charge in [0, 0.05) is 30.4 Å². The Morgan fingerprint density at radius 2 is 1.80 bits per heavy atom. The van der Waals surface area contributed by atoms with E-state index in [9.17, 15) is 13.2 Å². The summed E-state index contributed by atoms with van der Waals surface area (Å²) in [6.45, 7) is 4.86. The second-order valence-corrected chi connectivity index (χ2v) is 11.7. The third-order valence-electron chi connectivity index (χ3n) is 5.38. The number of benzene rings is 2. The Morgan fingerprint density at radius 1 is 1.09 bits per heavy atom. The Balaban J connectivity index is 1.82. The Hall–Kier alpha value is -2.79. The van der Waals surface area contributed by atoms with Crippen molar-refractivity contribution in [2.75, 3.05) is 13.1 Å². The van der Waals surface area contributed by atoms with Crippen LogP contribution in [0.4, 0.5) is 0 Å². The maximum Gasteiger partial charge on any atom is 0.263 e. The molecule has 1 N–H and O–H groups in total. The minimum Gasteiger partial charge on any atom is -0.307 e. The number of carbonyl (C=O) groups excluding carboxylic acids is 1. The highest BCUT2D eigenvalue weighted by atomic mass is 32.2. The van der Waals surface area contributed by atoms with Crippen molar-refractivity contribution in [3.05, 3.63) is 71.3 Å². The van der Waals surface area contributed by atoms with Gasteiger partial charge in [0.25, 0.3) is 5.91 Å². The summed E-state index contributed by atoms with van der Waals surface area (Å²) in [5.74, 6) is -0.260. The van der Waals surface area contributed by atoms with Crippen molar-refractivity contribution in [1.29, 1.82) is 0 Å². The van der Waals surface area contributed by atoms with Crippen LogP contribution in [0, 0.1) is 0 Å². The molecule has 0 saturated carbocycles. The van der Waals surface area contributed by atoms with E-state index in [-0.39, 0.29) is 10.8 Å². The van der Waals surface area contributed by atoms with Crippen molar-refractivity contribution >= 4 is 50.3 Å². The molecule has 0 spiro atoms. The highest BCUT2D eigenvalue weighted by molar-refractivity contribution is 8.26. The molecule has 1 aliphatic heterocycles. The lowest BCUT2D eigenvalue weighted by Gasteiger charge is -2.21. The molecule has 2 aromatic carbocycles. The van der Waals surface area contributed by atoms with Crippen LogP contribution in [0.2, 0.25) is 0 Å². The largest absolute Gasteiger partial charge is 0.307 e. The molecule has 1 aromatic heterocycles. The highest BCUT2D eigenvalue weighted by Crippen LogP contribution is 2.32. The van der Waals surface area contributed by atoms with E-state index < -0.39 is 10.0 Å². The van der Waals surface area contributed by atoms with Gasteiger partial charge in [0.05, 0.1) is 15.5 Å². The minimum absolute atomic E-state index is 0.221. The van der Waals surface area contributed by atoms with Crippen LogP contribution in [-0.2, 0) is 14.8 Å². The van der Waals surface area contributed by atoms with Crippen LogP contribution in [0.5, 0.6) is 0 Å². The smallest absolute Gasteiger partial charge is 0.263 e. The van der Waals surface area contributed by atoms with Crippen molar-refractivity contribution in [1.82, 2.24) is 19.4 Å². The Labute approximate surface area is 215 Å². The first-order chi connectivity index (χ1) is 16.8. The van der Waals surface area contributed by atoms with Crippen LogP contribution in [0.25, 0.3) is 23.0 Å². The van der Waals surface area contributed by atoms with Crippen LogP contribution >= 0.6 is 24.0 Å². The van der Waals surface area contributed by atoms with Gasteiger partial charge in [0.2, 0.25) is 10.0 Å². The molecular weight excluding hydrogens is 501 g/mol. The number of carbonyl (C=O) groups is 1. The van der Waals surface area contributed by atoms with Crippen LogP contribution in [0.3, 0.4) is 0 Å². The molecule has 0 unspecified atom stereocenters. The quantitative estimate of drug-likeness (QED) is 0.317. The van der Waals surface area contributed by atoms with Gasteiger partial charge in [0.1, 0.15) is 10.0 Å². The normalized spacial score (nSPS) is 15.2. The van der Waals surface area contributed by atoms with Crippen LogP contribution < -0.4 is 5.32 Å². The maximum atomic E-state index is 13.4. The summed E-state index contributed by atoms with van der Waals surface area (Å²) in [5.41, 5.74) is 2.75. The van der Waals surface area contributed by atoms with Crippen molar-refractivity contribution < 1.29 is 13.2 Å². The van der Waals surface area contributed by atoms with E-state index in [1.165, 1.54) is 16.1 Å². The molecule has 7 nitrogen and oxygen atoms in total. The predicted molar refractivity (Wildman–Crippen MR) is 145 cm³/mol. The van der Waals surface area contributed by atoms with Gasteiger partial charge in [-0.3, -0.25) is 4.79 Å². The standard InChI is InChI=1S/C25H26N4O3S3/c1-3-13-28(14-4-2)35(31,32)21-12-8-9-18(15-21)23-19(16-22-24(30)26-25(33)34-22)17-29(27-23)20-10-6-5-7-11-20/h5-12,15-17H,3-4,13-14H2,1-2H3,(H,26,30,33)/b22-16-. The van der Waals surface area contributed by atoms with E-state index in [4.69, 9.17) is 17.3 Å². The first-order valence-electron chi connectivity index (χ1n) is 11.3. The SMILES string of the molecule is CCCN(CCC)S(=O)(=O)c1cccc(-c2nn(-c3ccccc3)cc2/C=C2\SC(=S)NC2=O)c1. The Morgan fingerprint density at radius 3 is 2.43 bits per heavy atom. The number of thiocarbonyl (C=S) groups is 1. The fourth-order valence-electron chi connectivity index (χ4n) is 3.80. The molecule has 4 rings (SSSR count). The number of sulfonamides is 1. The number of para-hydroxylation sites is 1. The van der Waals surface area contributed by atoms with E-state index in [0.29, 0.717) is 39.1 Å². The summed E-state index contributed by atoms with van der Waals surface area (Å²) < 4.78 is 30.4. The third-order valence-corrected chi connectivity index (χ3v) is 8.44. The fourth-order valence-corrected chi connectivity index (χ4v) is 6.50. The van der Waals surface area contributed by atoms with Gasteiger partial charge in [-0.25, -0.2) is 13.1 Å². The van der Waals surface area contributed by atoms with Gasteiger partial charge in [-0.1, -0.05) is 68.2 Å². The number of thioether (sulfide) groups is 1. The van der Waals surface area contributed by atoms with Gasteiger partial charge in [-0.15, -0.1) is 0 Å². The second-order valence-electron chi connectivity index (χ2n) is 8.00. The molecule has 3 aromatic rings. The Kier molecular flexibility index (Phi) is 7.85. The van der Waals surface area contributed by atoms with Gasteiger partial charge in [-0.05, 0) is 43.2 Å². The predicted octanol–water partition coefficient (Wildman–Crippen LogP) is 4.84. The summed E-state index contributed by atoms with van der Waals surface area (Å²) in [5, 5.41) is 7.39. The van der Waals surface area contributed by atoms with E-state index in [1.807, 2.05) is 56.4 Å². The summed E-state index contributed by atoms with van der Waals surface area (Å²) >= 11 is 6.31. The van der Waals surface area contributed by atoms with E-state index >= 15 is 0 Å². The number of nitrogens with zero attached hydrogens (tertiary/aromatic N) is 3. The lowest BCUT2D eigenvalue weighted by Crippen LogP contribution is -2.32. The summed E-state index contributed by atoms with van der Waals surface area (Å²) in [6.07, 6.45) is 5.04. The van der Waals surface area contributed by atoms with Crippen LogP contribution in [-0.4, -0.2) is 45.8 Å². The zero-order valence-electron chi connectivity index (χ0n) is 19.5. The zero-order chi connectivity index (χ0) is 25.0. The molecule has 182 valence electrons. The molecule has 1 aliphatic rings. The summed E-state index contributed by atoms with van der Waals surface area (Å²) in [4.78, 5) is 13.0. The molecule has 0 atom stereocenters. The van der Waals surface area contributed by atoms with Gasteiger partial charge in [-0.2, -0.15) is 9.40 Å². The third kappa shape index (κ3) is 5.56. The molecular formula is C25H26N4O3S3. The van der Waals surface area contributed by atoms with Gasteiger partial charge in [0.15, 0.2) is 0 Å². The van der Waals surface area contributed by atoms with Crippen molar-refractivity contribution in [3.8, 4) is 16.9 Å². The zero-order valence-corrected chi connectivity index (χ0v) is 21.9. The van der Waals surface area contributed by atoms with Gasteiger partial charge < -0.3 is 5.32 Å². The summed E-state index contributed by atoms with van der Waals surface area (Å²) in [7, 11) is -3.65. The van der Waals surface area contributed by atoms with Crippen LogP contribution in [0.15, 0.2) is 70.6 Å². The maximum absolute atomic E-state index is 13.4. The van der Waals surface area contributed by atoms with Crippen LogP contribution in [0.1, 0.15) is 32.3 Å². The molecule has 2 heterocycles. The lowest BCUT2D eigenvalue weighted by molar-refractivity contribution is -0.115. The molecule has 0 aliphatic carbocycles. The van der Waals surface area contributed by atoms with Gasteiger partial charge >= 0.3 is 0 Å². The van der Waals surface area contributed by atoms with Crippen molar-refractivity contribution in [2.24, 2.45) is 0 Å². The summed E-state index contributed by atoms with van der Waals surface area (Å²) in [6, 6.07) is 16.4. The van der Waals surface area contributed by atoms with E-state index in [1.54, 1.807) is 29.0 Å². The molecule has 0 bridgehead atoms. The Bertz CT molecular complexity index is 1380. The monoisotopic (exact) mass is 526 g/mol. The van der Waals surface area contributed by atoms with E-state index in [0.717, 1.165) is 18.5 Å². The topological polar surface area (TPSA) is 84.3 Å². The number of rotatable bonds is 9. The number of nitrogens with one attached hydrogen (secondary N) is 1. The second kappa shape index (κ2) is 10.9. The fraction of sp³-hybridized carbons (Fsp3) is 0.240. The number of aromatic nitrogens is 2. The molecule has 35 heavy (non-hydrogen) atoms. The van der Waals surface area contributed by atoms with E-state index in [2.05, 4.69) is 5.32 Å². The molecule has 1 fully saturated rings. The number of hydrogen-bond acceptors (Lipinski definition) is 6. The molecule has 1 amide bonds. The van der Waals surface area contributed by atoms with Crippen molar-refractivity contribution in [3.63, 3.8) is 0 Å². The number of amides is 1. The molecule has 10 heteroatoms. The average molecular weight is 527 g/mol. The van der Waals surface area contributed by atoms with Crippen molar-refractivity contribution in [2.45, 2.75) is 31.6 Å². The minimum atomic E-state index is -3.65. The lowest BCUT2D eigenvalue weighted by atomic mass is 10.1. The molecule has 0 radical (unpaired) electrons. The molecule has 1 saturated heterocycles. The highest BCUT2D eigenvalue weighted by Gasteiger charge is 2.26. The first-order valence-corrected chi connectivity index (χ1v) is 14.0. The first kappa shape index (κ1) is 25.3. The average Bonchev–Trinajstić information content (AvgIpc) is 3.42. The number of hydrogen-bond donors (Lipinski definition) is 1.